The first-order valence-electron chi connectivity index (χ1n) is 5.76. The van der Waals surface area contributed by atoms with Gasteiger partial charge < -0.3 is 5.11 Å². The lowest BCUT2D eigenvalue weighted by atomic mass is 9.99. The summed E-state index contributed by atoms with van der Waals surface area (Å²) in [6, 6.07) is 11.8. The van der Waals surface area contributed by atoms with Crippen molar-refractivity contribution in [3.05, 3.63) is 64.5 Å². The van der Waals surface area contributed by atoms with Crippen molar-refractivity contribution in [2.75, 3.05) is 0 Å². The third-order valence-electron chi connectivity index (χ3n) is 2.78. The minimum atomic E-state index is -0.574. The first-order chi connectivity index (χ1) is 8.06. The summed E-state index contributed by atoms with van der Waals surface area (Å²) in [6.07, 6.45) is -0.574. The quantitative estimate of drug-likeness (QED) is 0.855. The van der Waals surface area contributed by atoms with Gasteiger partial charge in [0.25, 0.3) is 0 Å². The summed E-state index contributed by atoms with van der Waals surface area (Å²) in [5.74, 6) is 0. The zero-order chi connectivity index (χ0) is 12.4. The average molecular weight is 227 g/mol. The number of benzene rings is 1. The van der Waals surface area contributed by atoms with Gasteiger partial charge in [0.2, 0.25) is 0 Å². The third kappa shape index (κ3) is 2.71. The predicted octanol–water partition coefficient (Wildman–Crippen LogP) is 3.09. The highest BCUT2D eigenvalue weighted by molar-refractivity contribution is 5.33. The maximum Gasteiger partial charge on any atom is 0.104 e. The fraction of sp³-hybridized carbons (Fsp3) is 0.267. The maximum absolute atomic E-state index is 10.3. The fourth-order valence-electron chi connectivity index (χ4n) is 2.06. The van der Waals surface area contributed by atoms with Crippen LogP contribution < -0.4 is 0 Å². The molecule has 17 heavy (non-hydrogen) atoms. The van der Waals surface area contributed by atoms with Crippen LogP contribution in [0.4, 0.5) is 0 Å². The molecule has 0 aliphatic carbocycles. The van der Waals surface area contributed by atoms with Crippen LogP contribution in [0.1, 0.15) is 34.2 Å². The summed E-state index contributed by atoms with van der Waals surface area (Å²) in [7, 11) is 0. The van der Waals surface area contributed by atoms with Crippen LogP contribution in [0.2, 0.25) is 0 Å². The predicted molar refractivity (Wildman–Crippen MR) is 69.0 cm³/mol. The molecule has 0 fully saturated rings. The monoisotopic (exact) mass is 227 g/mol. The Bertz CT molecular complexity index is 514. The van der Waals surface area contributed by atoms with Crippen LogP contribution in [-0.2, 0) is 0 Å². The van der Waals surface area contributed by atoms with E-state index in [1.165, 1.54) is 0 Å². The molecular formula is C15H17NO. The number of nitrogens with zero attached hydrogens (tertiary/aromatic N) is 1. The van der Waals surface area contributed by atoms with Gasteiger partial charge in [0.1, 0.15) is 6.10 Å². The highest BCUT2D eigenvalue weighted by atomic mass is 16.3. The number of aryl methyl sites for hydroxylation is 3. The van der Waals surface area contributed by atoms with Gasteiger partial charge in [-0.25, -0.2) is 0 Å². The summed E-state index contributed by atoms with van der Waals surface area (Å²) in [5.41, 5.74) is 4.86. The van der Waals surface area contributed by atoms with Gasteiger partial charge in [-0.15, -0.1) is 0 Å². The van der Waals surface area contributed by atoms with Crippen LogP contribution in [-0.4, -0.2) is 10.1 Å². The largest absolute Gasteiger partial charge is 0.384 e. The van der Waals surface area contributed by atoms with Crippen molar-refractivity contribution in [1.82, 2.24) is 4.98 Å². The number of aromatic nitrogens is 1. The van der Waals surface area contributed by atoms with Gasteiger partial charge in [0.15, 0.2) is 0 Å². The number of aliphatic hydroxyl groups is 1. The molecule has 1 unspecified atom stereocenters. The second-order valence-corrected chi connectivity index (χ2v) is 4.50. The first kappa shape index (κ1) is 11.8. The zero-order valence-corrected chi connectivity index (χ0v) is 10.4. The second kappa shape index (κ2) is 4.68. The first-order valence-corrected chi connectivity index (χ1v) is 5.76. The molecule has 2 aromatic rings. The maximum atomic E-state index is 10.3. The summed E-state index contributed by atoms with van der Waals surface area (Å²) in [4.78, 5) is 4.32. The summed E-state index contributed by atoms with van der Waals surface area (Å²) < 4.78 is 0. The van der Waals surface area contributed by atoms with Crippen LogP contribution in [0.15, 0.2) is 36.4 Å². The van der Waals surface area contributed by atoms with E-state index >= 15 is 0 Å². The zero-order valence-electron chi connectivity index (χ0n) is 10.4. The lowest BCUT2D eigenvalue weighted by Crippen LogP contribution is -2.02. The van der Waals surface area contributed by atoms with Crippen LogP contribution >= 0.6 is 0 Å². The molecule has 2 nitrogen and oxygen atoms in total. The average Bonchev–Trinajstić information content (AvgIpc) is 2.26. The SMILES string of the molecule is Cc1cccc(C(O)c2cc(C)nc(C)c2)c1. The molecule has 1 atom stereocenters. The van der Waals surface area contributed by atoms with E-state index in [0.29, 0.717) is 0 Å². The van der Waals surface area contributed by atoms with Crippen molar-refractivity contribution >= 4 is 0 Å². The molecule has 0 radical (unpaired) electrons. The molecule has 0 spiro atoms. The minimum absolute atomic E-state index is 0.574. The molecule has 0 amide bonds. The summed E-state index contributed by atoms with van der Waals surface area (Å²) in [6.45, 7) is 5.91. The molecule has 0 bridgehead atoms. The highest BCUT2D eigenvalue weighted by Gasteiger charge is 2.11. The molecular weight excluding hydrogens is 210 g/mol. The molecule has 1 aromatic heterocycles. The van der Waals surface area contributed by atoms with Crippen molar-refractivity contribution in [1.29, 1.82) is 0 Å². The molecule has 88 valence electrons. The summed E-state index contributed by atoms with van der Waals surface area (Å²) >= 11 is 0. The van der Waals surface area contributed by atoms with E-state index in [0.717, 1.165) is 28.1 Å². The Labute approximate surface area is 102 Å². The van der Waals surface area contributed by atoms with Crippen LogP contribution in [0.25, 0.3) is 0 Å². The standard InChI is InChI=1S/C15H17NO/c1-10-5-4-6-13(7-10)15(17)14-8-11(2)16-12(3)9-14/h4-9,15,17H,1-3H3. The van der Waals surface area contributed by atoms with Gasteiger partial charge in [0.05, 0.1) is 0 Å². The Kier molecular flexibility index (Phi) is 3.25. The van der Waals surface area contributed by atoms with Crippen LogP contribution in [0.5, 0.6) is 0 Å². The second-order valence-electron chi connectivity index (χ2n) is 4.50. The smallest absolute Gasteiger partial charge is 0.104 e. The minimum Gasteiger partial charge on any atom is -0.384 e. The number of hydrogen-bond donors (Lipinski definition) is 1. The Morgan fingerprint density at radius 2 is 1.59 bits per heavy atom. The number of rotatable bonds is 2. The number of hydrogen-bond acceptors (Lipinski definition) is 2. The van der Waals surface area contributed by atoms with Crippen LogP contribution in [0.3, 0.4) is 0 Å². The Balaban J connectivity index is 2.39. The molecule has 2 heteroatoms. The van der Waals surface area contributed by atoms with Crippen molar-refractivity contribution < 1.29 is 5.11 Å². The van der Waals surface area contributed by atoms with Gasteiger partial charge in [-0.3, -0.25) is 4.98 Å². The molecule has 1 N–H and O–H groups in total. The van der Waals surface area contributed by atoms with E-state index in [4.69, 9.17) is 0 Å². The van der Waals surface area contributed by atoms with Gasteiger partial charge >= 0.3 is 0 Å². The highest BCUT2D eigenvalue weighted by Crippen LogP contribution is 2.23. The Morgan fingerprint density at radius 3 is 2.18 bits per heavy atom. The van der Waals surface area contributed by atoms with E-state index in [2.05, 4.69) is 4.98 Å². The lowest BCUT2D eigenvalue weighted by Gasteiger charge is -2.13. The lowest BCUT2D eigenvalue weighted by molar-refractivity contribution is 0.220. The molecule has 1 aromatic carbocycles. The van der Waals surface area contributed by atoms with Gasteiger partial charge in [0, 0.05) is 11.4 Å². The molecule has 0 aliphatic rings. The van der Waals surface area contributed by atoms with Crippen molar-refractivity contribution in [2.24, 2.45) is 0 Å². The van der Waals surface area contributed by atoms with Gasteiger partial charge in [-0.2, -0.15) is 0 Å². The molecule has 2 rings (SSSR count). The van der Waals surface area contributed by atoms with E-state index < -0.39 is 6.10 Å². The van der Waals surface area contributed by atoms with E-state index in [9.17, 15) is 5.11 Å². The van der Waals surface area contributed by atoms with Crippen molar-refractivity contribution in [3.8, 4) is 0 Å². The van der Waals surface area contributed by atoms with E-state index in [-0.39, 0.29) is 0 Å². The van der Waals surface area contributed by atoms with Crippen LogP contribution in [0, 0.1) is 20.8 Å². The molecule has 0 aliphatic heterocycles. The Hall–Kier alpha value is -1.67. The van der Waals surface area contributed by atoms with Crippen molar-refractivity contribution in [2.45, 2.75) is 26.9 Å². The van der Waals surface area contributed by atoms with Crippen molar-refractivity contribution in [3.63, 3.8) is 0 Å². The van der Waals surface area contributed by atoms with Gasteiger partial charge in [-0.05, 0) is 44.0 Å². The fourth-order valence-corrected chi connectivity index (χ4v) is 2.06. The van der Waals surface area contributed by atoms with E-state index in [1.54, 1.807) is 0 Å². The Morgan fingerprint density at radius 1 is 0.941 bits per heavy atom. The normalized spacial score (nSPS) is 12.5. The third-order valence-corrected chi connectivity index (χ3v) is 2.78. The van der Waals surface area contributed by atoms with Gasteiger partial charge in [-0.1, -0.05) is 29.8 Å². The topological polar surface area (TPSA) is 33.1 Å². The molecule has 0 saturated heterocycles. The molecule has 1 heterocycles. The summed E-state index contributed by atoms with van der Waals surface area (Å²) in [5, 5.41) is 10.3. The molecule has 0 saturated carbocycles. The van der Waals surface area contributed by atoms with E-state index in [1.807, 2.05) is 57.2 Å². The number of aliphatic hydroxyl groups excluding tert-OH is 1. The number of pyridine rings is 1.